The van der Waals surface area contributed by atoms with Crippen LogP contribution in [-0.2, 0) is 6.42 Å². The van der Waals surface area contributed by atoms with Crippen molar-refractivity contribution in [2.45, 2.75) is 20.3 Å². The molecule has 1 heterocycles. The summed E-state index contributed by atoms with van der Waals surface area (Å²) in [6, 6.07) is 7.63. The Labute approximate surface area is 125 Å². The van der Waals surface area contributed by atoms with Crippen LogP contribution in [0.4, 0.5) is 0 Å². The summed E-state index contributed by atoms with van der Waals surface area (Å²) in [6.45, 7) is 4.87. The third-order valence-corrected chi connectivity index (χ3v) is 3.08. The fraction of sp³-hybridized carbons (Fsp3) is 0.294. The van der Waals surface area contributed by atoms with Crippen LogP contribution in [-0.4, -0.2) is 22.4 Å². The molecule has 110 valence electrons. The predicted molar refractivity (Wildman–Crippen MR) is 84.9 cm³/mol. The van der Waals surface area contributed by atoms with E-state index < -0.39 is 0 Å². The number of nitrogens with one attached hydrogen (secondary N) is 2. The van der Waals surface area contributed by atoms with Crippen LogP contribution < -0.4 is 5.32 Å². The van der Waals surface area contributed by atoms with Crippen LogP contribution in [0.2, 0.25) is 0 Å². The molecule has 2 rings (SSSR count). The lowest BCUT2D eigenvalue weighted by Gasteiger charge is -2.05. The Hall–Kier alpha value is -2.36. The Kier molecular flexibility index (Phi) is 5.32. The van der Waals surface area contributed by atoms with Crippen molar-refractivity contribution in [3.8, 4) is 0 Å². The maximum Gasteiger partial charge on any atom is 0.251 e. The van der Waals surface area contributed by atoms with Crippen molar-refractivity contribution in [1.29, 1.82) is 0 Å². The Morgan fingerprint density at radius 1 is 1.33 bits per heavy atom. The van der Waals surface area contributed by atoms with Crippen LogP contribution in [0.1, 0.15) is 35.5 Å². The van der Waals surface area contributed by atoms with E-state index in [1.807, 2.05) is 24.3 Å². The summed E-state index contributed by atoms with van der Waals surface area (Å²) in [5.74, 6) is 0.476. The van der Waals surface area contributed by atoms with E-state index in [4.69, 9.17) is 0 Å². The zero-order valence-corrected chi connectivity index (χ0v) is 12.5. The first kappa shape index (κ1) is 15.0. The predicted octanol–water partition coefficient (Wildman–Crippen LogP) is 3.05. The highest BCUT2D eigenvalue weighted by Crippen LogP contribution is 2.08. The van der Waals surface area contributed by atoms with Crippen molar-refractivity contribution in [2.75, 3.05) is 6.54 Å². The minimum atomic E-state index is -0.0473. The number of amides is 1. The van der Waals surface area contributed by atoms with Gasteiger partial charge in [0.15, 0.2) is 0 Å². The zero-order valence-electron chi connectivity index (χ0n) is 12.5. The maximum atomic E-state index is 12.0. The molecule has 0 aliphatic heterocycles. The van der Waals surface area contributed by atoms with Gasteiger partial charge in [0, 0.05) is 30.4 Å². The number of benzene rings is 1. The third-order valence-electron chi connectivity index (χ3n) is 3.08. The van der Waals surface area contributed by atoms with Crippen LogP contribution >= 0.6 is 0 Å². The van der Waals surface area contributed by atoms with Crippen LogP contribution in [0.5, 0.6) is 0 Å². The molecule has 1 amide bonds. The van der Waals surface area contributed by atoms with Gasteiger partial charge in [-0.15, -0.1) is 0 Å². The number of aromatic nitrogens is 2. The number of imidazole rings is 1. The summed E-state index contributed by atoms with van der Waals surface area (Å²) >= 11 is 0. The first-order valence-corrected chi connectivity index (χ1v) is 7.19. The molecule has 21 heavy (non-hydrogen) atoms. The SMILES string of the molecule is CC(C)C=Cc1ccc(C(=O)NCCc2cnc[nH]2)cc1. The van der Waals surface area contributed by atoms with Crippen LogP contribution in [0.15, 0.2) is 42.9 Å². The van der Waals surface area contributed by atoms with Gasteiger partial charge in [0.05, 0.1) is 6.33 Å². The van der Waals surface area contributed by atoms with Crippen molar-refractivity contribution in [3.63, 3.8) is 0 Å². The second kappa shape index (κ2) is 7.43. The molecule has 2 N–H and O–H groups in total. The van der Waals surface area contributed by atoms with E-state index in [1.54, 1.807) is 12.5 Å². The lowest BCUT2D eigenvalue weighted by Crippen LogP contribution is -2.25. The molecule has 0 unspecified atom stereocenters. The molecule has 4 nitrogen and oxygen atoms in total. The molecule has 1 aromatic carbocycles. The molecule has 0 saturated heterocycles. The molecule has 1 aromatic heterocycles. The van der Waals surface area contributed by atoms with E-state index in [1.165, 1.54) is 0 Å². The van der Waals surface area contributed by atoms with Gasteiger partial charge in [-0.2, -0.15) is 0 Å². The van der Waals surface area contributed by atoms with Crippen molar-refractivity contribution in [3.05, 3.63) is 59.7 Å². The average Bonchev–Trinajstić information content (AvgIpc) is 2.99. The standard InChI is InChI=1S/C17H21N3O/c1-13(2)3-4-14-5-7-15(8-6-14)17(21)19-10-9-16-11-18-12-20-16/h3-8,11-13H,9-10H2,1-2H3,(H,18,20)(H,19,21). The summed E-state index contributed by atoms with van der Waals surface area (Å²) in [5, 5.41) is 2.90. The summed E-state index contributed by atoms with van der Waals surface area (Å²) in [7, 11) is 0. The fourth-order valence-electron chi connectivity index (χ4n) is 1.88. The van der Waals surface area contributed by atoms with Gasteiger partial charge < -0.3 is 10.3 Å². The van der Waals surface area contributed by atoms with E-state index in [2.05, 4.69) is 41.3 Å². The van der Waals surface area contributed by atoms with Crippen molar-refractivity contribution < 1.29 is 4.79 Å². The normalized spacial score (nSPS) is 11.2. The van der Waals surface area contributed by atoms with Gasteiger partial charge in [-0.05, 0) is 23.6 Å². The number of hydrogen-bond acceptors (Lipinski definition) is 2. The quantitative estimate of drug-likeness (QED) is 0.856. The highest BCUT2D eigenvalue weighted by molar-refractivity contribution is 5.94. The maximum absolute atomic E-state index is 12.0. The molecule has 0 aliphatic rings. The van der Waals surface area contributed by atoms with Crippen molar-refractivity contribution in [1.82, 2.24) is 15.3 Å². The number of aromatic amines is 1. The van der Waals surface area contributed by atoms with Crippen LogP contribution in [0, 0.1) is 5.92 Å². The van der Waals surface area contributed by atoms with Gasteiger partial charge in [0.2, 0.25) is 0 Å². The van der Waals surface area contributed by atoms with Crippen molar-refractivity contribution in [2.24, 2.45) is 5.92 Å². The number of rotatable bonds is 6. The van der Waals surface area contributed by atoms with E-state index in [-0.39, 0.29) is 5.91 Å². The van der Waals surface area contributed by atoms with E-state index in [9.17, 15) is 4.79 Å². The number of nitrogens with zero attached hydrogens (tertiary/aromatic N) is 1. The minimum Gasteiger partial charge on any atom is -0.352 e. The summed E-state index contributed by atoms with van der Waals surface area (Å²) in [5.41, 5.74) is 2.81. The Bertz CT molecular complexity index is 583. The molecule has 0 radical (unpaired) electrons. The van der Waals surface area contributed by atoms with Gasteiger partial charge in [-0.25, -0.2) is 4.98 Å². The molecule has 0 atom stereocenters. The molecule has 0 saturated carbocycles. The molecular formula is C17H21N3O. The first-order valence-electron chi connectivity index (χ1n) is 7.19. The van der Waals surface area contributed by atoms with Crippen LogP contribution in [0.3, 0.4) is 0 Å². The fourth-order valence-corrected chi connectivity index (χ4v) is 1.88. The summed E-state index contributed by atoms with van der Waals surface area (Å²) in [6.07, 6.45) is 8.37. The van der Waals surface area contributed by atoms with Crippen LogP contribution in [0.25, 0.3) is 6.08 Å². The minimum absolute atomic E-state index is 0.0473. The topological polar surface area (TPSA) is 57.8 Å². The smallest absolute Gasteiger partial charge is 0.251 e. The highest BCUT2D eigenvalue weighted by Gasteiger charge is 2.04. The molecule has 0 bridgehead atoms. The van der Waals surface area contributed by atoms with Gasteiger partial charge >= 0.3 is 0 Å². The second-order valence-corrected chi connectivity index (χ2v) is 5.31. The molecule has 4 heteroatoms. The van der Waals surface area contributed by atoms with Crippen molar-refractivity contribution >= 4 is 12.0 Å². The molecular weight excluding hydrogens is 262 g/mol. The molecule has 0 aliphatic carbocycles. The average molecular weight is 283 g/mol. The highest BCUT2D eigenvalue weighted by atomic mass is 16.1. The number of hydrogen-bond donors (Lipinski definition) is 2. The van der Waals surface area contributed by atoms with Gasteiger partial charge in [0.25, 0.3) is 5.91 Å². The Morgan fingerprint density at radius 2 is 2.10 bits per heavy atom. The zero-order chi connectivity index (χ0) is 15.1. The second-order valence-electron chi connectivity index (χ2n) is 5.31. The molecule has 2 aromatic rings. The number of carbonyl (C=O) groups is 1. The first-order chi connectivity index (χ1) is 10.1. The number of allylic oxidation sites excluding steroid dienone is 1. The monoisotopic (exact) mass is 283 g/mol. The van der Waals surface area contributed by atoms with Gasteiger partial charge in [0.1, 0.15) is 0 Å². The summed E-state index contributed by atoms with van der Waals surface area (Å²) in [4.78, 5) is 18.9. The number of H-pyrrole nitrogens is 1. The lowest BCUT2D eigenvalue weighted by molar-refractivity contribution is 0.0954. The third kappa shape index (κ3) is 4.91. The Morgan fingerprint density at radius 3 is 2.71 bits per heavy atom. The van der Waals surface area contributed by atoms with Gasteiger partial charge in [-0.3, -0.25) is 4.79 Å². The Balaban J connectivity index is 1.84. The largest absolute Gasteiger partial charge is 0.352 e. The molecule has 0 spiro atoms. The van der Waals surface area contributed by atoms with Gasteiger partial charge in [-0.1, -0.05) is 38.1 Å². The summed E-state index contributed by atoms with van der Waals surface area (Å²) < 4.78 is 0. The molecule has 0 fully saturated rings. The van der Waals surface area contributed by atoms with E-state index >= 15 is 0 Å². The number of carbonyl (C=O) groups excluding carboxylic acids is 1. The van der Waals surface area contributed by atoms with E-state index in [0.29, 0.717) is 18.0 Å². The van der Waals surface area contributed by atoms with E-state index in [0.717, 1.165) is 17.7 Å². The lowest BCUT2D eigenvalue weighted by atomic mass is 10.1.